The predicted octanol–water partition coefficient (Wildman–Crippen LogP) is 5.09. The molecule has 8 heteroatoms. The topological polar surface area (TPSA) is 38.8 Å². The molecule has 1 atom stereocenters. The maximum atomic E-state index is 13.2. The highest BCUT2D eigenvalue weighted by Crippen LogP contribution is 2.35. The van der Waals surface area contributed by atoms with Crippen molar-refractivity contribution < 1.29 is 31.8 Å². The zero-order valence-electron chi connectivity index (χ0n) is 15.7. The second kappa shape index (κ2) is 8.46. The number of amides is 1. The van der Waals surface area contributed by atoms with Crippen molar-refractivity contribution in [3.05, 3.63) is 35.6 Å². The minimum Gasteiger partial charge on any atom is -0.444 e. The lowest BCUT2D eigenvalue weighted by Crippen LogP contribution is -2.43. The van der Waals surface area contributed by atoms with Gasteiger partial charge in [0, 0.05) is 13.1 Å². The van der Waals surface area contributed by atoms with Crippen LogP contribution in [0.15, 0.2) is 24.3 Å². The smallest absolute Gasteiger partial charge is 0.411 e. The zero-order chi connectivity index (χ0) is 20.2. The molecule has 4 nitrogen and oxygen atoms in total. The van der Waals surface area contributed by atoms with Gasteiger partial charge in [-0.25, -0.2) is 9.18 Å². The van der Waals surface area contributed by atoms with E-state index in [0.717, 1.165) is 0 Å². The molecule has 152 valence electrons. The van der Waals surface area contributed by atoms with Gasteiger partial charge in [0.15, 0.2) is 0 Å². The van der Waals surface area contributed by atoms with Crippen LogP contribution in [-0.2, 0) is 9.47 Å². The van der Waals surface area contributed by atoms with E-state index in [9.17, 15) is 22.4 Å². The summed E-state index contributed by atoms with van der Waals surface area (Å²) < 4.78 is 61.6. The molecule has 27 heavy (non-hydrogen) atoms. The second-order valence-electron chi connectivity index (χ2n) is 7.70. The van der Waals surface area contributed by atoms with Crippen molar-refractivity contribution in [1.29, 1.82) is 0 Å². The highest BCUT2D eigenvalue weighted by Gasteiger charge is 2.35. The van der Waals surface area contributed by atoms with E-state index in [0.29, 0.717) is 31.5 Å². The molecule has 2 rings (SSSR count). The Bertz CT molecular complexity index is 617. The first-order valence-corrected chi connectivity index (χ1v) is 8.86. The summed E-state index contributed by atoms with van der Waals surface area (Å²) in [5.41, 5.74) is -0.114. The number of rotatable bonds is 4. The number of ether oxygens (including phenoxy) is 2. The van der Waals surface area contributed by atoms with Gasteiger partial charge in [-0.05, 0) is 57.2 Å². The predicted molar refractivity (Wildman–Crippen MR) is 91.7 cm³/mol. The third-order valence-corrected chi connectivity index (χ3v) is 4.24. The van der Waals surface area contributed by atoms with Crippen molar-refractivity contribution in [3.8, 4) is 0 Å². The number of nitrogens with zero attached hydrogens (tertiary/aromatic N) is 1. The first-order valence-electron chi connectivity index (χ1n) is 8.86. The SMILES string of the molecule is CC(C)(C)OC(=O)N1CCC([C@H](OCC(F)(F)F)c2ccc(F)cc2)CC1. The first kappa shape index (κ1) is 21.5. The van der Waals surface area contributed by atoms with Crippen molar-refractivity contribution in [2.45, 2.75) is 51.5 Å². The molecule has 0 bridgehead atoms. The van der Waals surface area contributed by atoms with E-state index in [-0.39, 0.29) is 5.92 Å². The van der Waals surface area contributed by atoms with E-state index in [4.69, 9.17) is 9.47 Å². The average Bonchev–Trinajstić information content (AvgIpc) is 2.54. The third-order valence-electron chi connectivity index (χ3n) is 4.24. The standard InChI is InChI=1S/C19H25F4NO3/c1-18(2,3)27-17(25)24-10-8-14(9-11-24)16(26-12-19(21,22)23)13-4-6-15(20)7-5-13/h4-7,14,16H,8-12H2,1-3H3/t16-/m1/s1. The zero-order valence-corrected chi connectivity index (χ0v) is 15.7. The molecule has 0 N–H and O–H groups in total. The Morgan fingerprint density at radius 1 is 1.15 bits per heavy atom. The molecule has 0 aromatic heterocycles. The number of hydrogen-bond acceptors (Lipinski definition) is 3. The van der Waals surface area contributed by atoms with Gasteiger partial charge in [-0.15, -0.1) is 0 Å². The lowest BCUT2D eigenvalue weighted by Gasteiger charge is -2.36. The Balaban J connectivity index is 2.04. The van der Waals surface area contributed by atoms with Crippen LogP contribution in [0.2, 0.25) is 0 Å². The fourth-order valence-corrected chi connectivity index (χ4v) is 3.05. The van der Waals surface area contributed by atoms with Crippen LogP contribution in [0, 0.1) is 11.7 Å². The van der Waals surface area contributed by atoms with Crippen LogP contribution in [0.1, 0.15) is 45.3 Å². The molecule has 0 unspecified atom stereocenters. The molecule has 1 fully saturated rings. The summed E-state index contributed by atoms with van der Waals surface area (Å²) in [6.07, 6.45) is -4.75. The monoisotopic (exact) mass is 391 g/mol. The molecule has 1 aromatic carbocycles. The maximum Gasteiger partial charge on any atom is 0.411 e. The van der Waals surface area contributed by atoms with Gasteiger partial charge in [-0.3, -0.25) is 0 Å². The molecule has 1 aromatic rings. The first-order chi connectivity index (χ1) is 12.4. The molecular weight excluding hydrogens is 366 g/mol. The summed E-state index contributed by atoms with van der Waals surface area (Å²) in [4.78, 5) is 13.7. The molecule has 0 radical (unpaired) electrons. The van der Waals surface area contributed by atoms with E-state index in [1.165, 1.54) is 24.3 Å². The summed E-state index contributed by atoms with van der Waals surface area (Å²) in [5.74, 6) is -0.676. The molecule has 1 saturated heterocycles. The lowest BCUT2D eigenvalue weighted by atomic mass is 9.87. The van der Waals surface area contributed by atoms with E-state index >= 15 is 0 Å². The van der Waals surface area contributed by atoms with Gasteiger partial charge in [0.05, 0.1) is 6.10 Å². The number of alkyl halides is 3. The molecule has 0 spiro atoms. The summed E-state index contributed by atoms with van der Waals surface area (Å²) in [5, 5.41) is 0. The maximum absolute atomic E-state index is 13.2. The van der Waals surface area contributed by atoms with Gasteiger partial charge in [0.1, 0.15) is 18.0 Å². The van der Waals surface area contributed by atoms with Crippen LogP contribution in [-0.4, -0.2) is 42.5 Å². The number of likely N-dealkylation sites (tertiary alicyclic amines) is 1. The Morgan fingerprint density at radius 3 is 2.19 bits per heavy atom. The molecular formula is C19H25F4NO3. The molecule has 1 amide bonds. The normalized spacial score (nSPS) is 17.7. The van der Waals surface area contributed by atoms with Gasteiger partial charge < -0.3 is 14.4 Å². The van der Waals surface area contributed by atoms with Gasteiger partial charge >= 0.3 is 12.3 Å². The number of halogens is 4. The van der Waals surface area contributed by atoms with E-state index < -0.39 is 36.4 Å². The van der Waals surface area contributed by atoms with Crippen LogP contribution in [0.3, 0.4) is 0 Å². The van der Waals surface area contributed by atoms with Crippen LogP contribution in [0.25, 0.3) is 0 Å². The minimum absolute atomic E-state index is 0.212. The summed E-state index contributed by atoms with van der Waals surface area (Å²) in [7, 11) is 0. The Hall–Kier alpha value is -1.83. The van der Waals surface area contributed by atoms with Crippen molar-refractivity contribution >= 4 is 6.09 Å². The Labute approximate surface area is 156 Å². The number of hydrogen-bond donors (Lipinski definition) is 0. The van der Waals surface area contributed by atoms with Gasteiger partial charge in [0.2, 0.25) is 0 Å². The van der Waals surface area contributed by atoms with Crippen LogP contribution in [0.4, 0.5) is 22.4 Å². The number of piperidine rings is 1. The highest BCUT2D eigenvalue weighted by molar-refractivity contribution is 5.68. The summed E-state index contributed by atoms with van der Waals surface area (Å²) >= 11 is 0. The Morgan fingerprint density at radius 2 is 1.70 bits per heavy atom. The summed E-state index contributed by atoms with van der Waals surface area (Å²) in [6, 6.07) is 5.29. The van der Waals surface area contributed by atoms with E-state index in [1.54, 1.807) is 25.7 Å². The second-order valence-corrected chi connectivity index (χ2v) is 7.70. The minimum atomic E-state index is -4.45. The lowest BCUT2D eigenvalue weighted by molar-refractivity contribution is -0.193. The molecule has 1 heterocycles. The number of carbonyl (C=O) groups excluding carboxylic acids is 1. The van der Waals surface area contributed by atoms with E-state index in [1.807, 2.05) is 0 Å². The van der Waals surface area contributed by atoms with Crippen LogP contribution < -0.4 is 0 Å². The van der Waals surface area contributed by atoms with Crippen LogP contribution in [0.5, 0.6) is 0 Å². The number of benzene rings is 1. The van der Waals surface area contributed by atoms with Gasteiger partial charge in [-0.2, -0.15) is 13.2 Å². The van der Waals surface area contributed by atoms with Gasteiger partial charge in [-0.1, -0.05) is 12.1 Å². The highest BCUT2D eigenvalue weighted by atomic mass is 19.4. The van der Waals surface area contributed by atoms with Crippen molar-refractivity contribution in [2.24, 2.45) is 5.92 Å². The average molecular weight is 391 g/mol. The fourth-order valence-electron chi connectivity index (χ4n) is 3.05. The molecule has 0 aliphatic carbocycles. The third kappa shape index (κ3) is 7.01. The summed E-state index contributed by atoms with van der Waals surface area (Å²) in [6.45, 7) is 4.67. The Kier molecular flexibility index (Phi) is 6.72. The molecule has 1 aliphatic rings. The van der Waals surface area contributed by atoms with Crippen LogP contribution >= 0.6 is 0 Å². The number of carbonyl (C=O) groups is 1. The largest absolute Gasteiger partial charge is 0.444 e. The van der Waals surface area contributed by atoms with Crippen molar-refractivity contribution in [3.63, 3.8) is 0 Å². The van der Waals surface area contributed by atoms with Crippen molar-refractivity contribution in [2.75, 3.05) is 19.7 Å². The van der Waals surface area contributed by atoms with Crippen molar-refractivity contribution in [1.82, 2.24) is 4.90 Å². The van der Waals surface area contributed by atoms with Gasteiger partial charge in [0.25, 0.3) is 0 Å². The quantitative estimate of drug-likeness (QED) is 0.671. The van der Waals surface area contributed by atoms with E-state index in [2.05, 4.69) is 0 Å². The fraction of sp³-hybridized carbons (Fsp3) is 0.632. The molecule has 1 aliphatic heterocycles. The molecule has 0 saturated carbocycles.